The molecule has 0 saturated carbocycles. The van der Waals surface area contributed by atoms with Gasteiger partial charge in [0, 0.05) is 31.7 Å². The number of hydrogen-bond donors (Lipinski definition) is 1. The Balaban J connectivity index is 2.07. The molecule has 1 unspecified atom stereocenters. The maximum Gasteiger partial charge on any atom is 0.179 e. The molecular weight excluding hydrogens is 283 g/mol. The average Bonchev–Trinajstić information content (AvgIpc) is 2.46. The number of rotatable bonds is 4. The number of piperazine rings is 1. The molecule has 0 radical (unpaired) electrons. The van der Waals surface area contributed by atoms with Gasteiger partial charge in [0.05, 0.1) is 12.3 Å². The lowest BCUT2D eigenvalue weighted by Gasteiger charge is -2.30. The minimum absolute atomic E-state index is 0.116. The zero-order chi connectivity index (χ0) is 15.5. The third kappa shape index (κ3) is 4.28. The summed E-state index contributed by atoms with van der Waals surface area (Å²) in [5, 5.41) is 3.49. The van der Waals surface area contributed by atoms with Gasteiger partial charge in [0.1, 0.15) is 0 Å². The zero-order valence-corrected chi connectivity index (χ0v) is 14.7. The quantitative estimate of drug-likeness (QED) is 0.866. The minimum Gasteiger partial charge on any atom is -0.415 e. The molecule has 2 rings (SSSR count). The van der Waals surface area contributed by atoms with Crippen LogP contribution in [0, 0.1) is 5.82 Å². The first-order valence-corrected chi connectivity index (χ1v) is 9.94. The van der Waals surface area contributed by atoms with Crippen molar-refractivity contribution in [2.75, 3.05) is 31.1 Å². The Hall–Kier alpha value is -0.913. The largest absolute Gasteiger partial charge is 0.415 e. The van der Waals surface area contributed by atoms with Crippen LogP contribution in [0.4, 0.5) is 10.1 Å². The highest BCUT2D eigenvalue weighted by Crippen LogP contribution is 2.29. The maximum absolute atomic E-state index is 14.7. The van der Waals surface area contributed by atoms with E-state index < -0.39 is 9.04 Å². The van der Waals surface area contributed by atoms with Crippen LogP contribution in [-0.2, 0) is 11.0 Å². The van der Waals surface area contributed by atoms with Crippen molar-refractivity contribution in [3.05, 3.63) is 29.6 Å². The van der Waals surface area contributed by atoms with E-state index >= 15 is 0 Å². The standard InChI is InChI=1S/C16H27FN2OSi/c1-16(2,3)21(4)20-12-13-6-5-7-14(15(13)17)19-10-8-18-9-11-19/h5-7,18,21H,8-12H2,1-4H3. The van der Waals surface area contributed by atoms with Gasteiger partial charge in [0.25, 0.3) is 0 Å². The second kappa shape index (κ2) is 6.90. The van der Waals surface area contributed by atoms with Gasteiger partial charge >= 0.3 is 0 Å². The summed E-state index contributed by atoms with van der Waals surface area (Å²) in [4.78, 5) is 2.11. The molecule has 118 valence electrons. The zero-order valence-electron chi connectivity index (χ0n) is 13.6. The third-order valence-corrected chi connectivity index (χ3v) is 7.33. The Labute approximate surface area is 129 Å². The van der Waals surface area contributed by atoms with Gasteiger partial charge in [-0.15, -0.1) is 0 Å². The van der Waals surface area contributed by atoms with Gasteiger partial charge in [0.15, 0.2) is 14.9 Å². The fraction of sp³-hybridized carbons (Fsp3) is 0.625. The number of halogens is 1. The predicted molar refractivity (Wildman–Crippen MR) is 89.0 cm³/mol. The summed E-state index contributed by atoms with van der Waals surface area (Å²) < 4.78 is 20.7. The molecule has 0 spiro atoms. The minimum atomic E-state index is -1.32. The highest BCUT2D eigenvalue weighted by molar-refractivity contribution is 6.53. The molecule has 5 heteroatoms. The summed E-state index contributed by atoms with van der Waals surface area (Å²) in [5.74, 6) is -0.116. The van der Waals surface area contributed by atoms with E-state index in [1.165, 1.54) is 0 Å². The highest BCUT2D eigenvalue weighted by atomic mass is 28.3. The number of nitrogens with one attached hydrogen (secondary N) is 1. The van der Waals surface area contributed by atoms with Crippen LogP contribution in [0.2, 0.25) is 11.6 Å². The first kappa shape index (κ1) is 16.5. The monoisotopic (exact) mass is 310 g/mol. The van der Waals surface area contributed by atoms with Gasteiger partial charge < -0.3 is 14.6 Å². The summed E-state index contributed by atoms with van der Waals surface area (Å²) in [6.07, 6.45) is 0. The van der Waals surface area contributed by atoms with Crippen LogP contribution in [0.1, 0.15) is 26.3 Å². The van der Waals surface area contributed by atoms with Gasteiger partial charge in [-0.05, 0) is 17.7 Å². The summed E-state index contributed by atoms with van der Waals surface area (Å²) >= 11 is 0. The lowest BCUT2D eigenvalue weighted by molar-refractivity contribution is 0.288. The van der Waals surface area contributed by atoms with Crippen molar-refractivity contribution >= 4 is 14.7 Å². The highest BCUT2D eigenvalue weighted by Gasteiger charge is 2.24. The smallest absolute Gasteiger partial charge is 0.179 e. The lowest BCUT2D eigenvalue weighted by atomic mass is 10.1. The molecular formula is C16H27FN2OSi. The van der Waals surface area contributed by atoms with Crippen molar-refractivity contribution in [2.45, 2.75) is 39.0 Å². The average molecular weight is 310 g/mol. The molecule has 0 aromatic heterocycles. The fourth-order valence-corrected chi connectivity index (χ4v) is 3.22. The molecule has 1 aromatic carbocycles. The normalized spacial score (nSPS) is 17.9. The number of benzene rings is 1. The molecule has 21 heavy (non-hydrogen) atoms. The number of nitrogens with zero attached hydrogens (tertiary/aromatic N) is 1. The second-order valence-electron chi connectivity index (χ2n) is 6.81. The SMILES string of the molecule is C[SiH](OCc1cccc(N2CCNCC2)c1F)C(C)(C)C. The molecule has 1 aliphatic heterocycles. The molecule has 1 saturated heterocycles. The molecule has 1 aliphatic rings. The van der Waals surface area contributed by atoms with Crippen molar-refractivity contribution in [2.24, 2.45) is 0 Å². The van der Waals surface area contributed by atoms with Crippen LogP contribution in [0.15, 0.2) is 18.2 Å². The second-order valence-corrected chi connectivity index (χ2v) is 10.2. The Morgan fingerprint density at radius 3 is 2.57 bits per heavy atom. The van der Waals surface area contributed by atoms with Gasteiger partial charge in [-0.1, -0.05) is 32.9 Å². The summed E-state index contributed by atoms with van der Waals surface area (Å²) in [7, 11) is -1.32. The Bertz CT molecular complexity index is 470. The summed E-state index contributed by atoms with van der Waals surface area (Å²) in [6, 6.07) is 5.64. The molecule has 0 bridgehead atoms. The van der Waals surface area contributed by atoms with Crippen LogP contribution < -0.4 is 10.2 Å². The molecule has 1 atom stereocenters. The van der Waals surface area contributed by atoms with Crippen molar-refractivity contribution in [3.63, 3.8) is 0 Å². The first-order chi connectivity index (χ1) is 9.89. The third-order valence-electron chi connectivity index (χ3n) is 4.22. The molecule has 0 amide bonds. The maximum atomic E-state index is 14.7. The van der Waals surface area contributed by atoms with Crippen LogP contribution in [0.5, 0.6) is 0 Å². The van der Waals surface area contributed by atoms with E-state index in [1.54, 1.807) is 0 Å². The molecule has 1 aromatic rings. The topological polar surface area (TPSA) is 24.5 Å². The van der Waals surface area contributed by atoms with Crippen LogP contribution in [0.3, 0.4) is 0 Å². The van der Waals surface area contributed by atoms with E-state index in [4.69, 9.17) is 4.43 Å². The number of hydrogen-bond acceptors (Lipinski definition) is 3. The van der Waals surface area contributed by atoms with E-state index in [1.807, 2.05) is 18.2 Å². The number of anilines is 1. The predicted octanol–water partition coefficient (Wildman–Crippen LogP) is 2.91. The van der Waals surface area contributed by atoms with E-state index in [0.717, 1.165) is 26.2 Å². The van der Waals surface area contributed by atoms with Gasteiger partial charge in [-0.3, -0.25) is 0 Å². The van der Waals surface area contributed by atoms with Crippen LogP contribution in [0.25, 0.3) is 0 Å². The molecule has 1 fully saturated rings. The van der Waals surface area contributed by atoms with Gasteiger partial charge in [-0.2, -0.15) is 0 Å². The molecule has 3 nitrogen and oxygen atoms in total. The lowest BCUT2D eigenvalue weighted by Crippen LogP contribution is -2.44. The molecule has 1 N–H and O–H groups in total. The van der Waals surface area contributed by atoms with E-state index in [0.29, 0.717) is 17.9 Å². The van der Waals surface area contributed by atoms with Crippen LogP contribution >= 0.6 is 0 Å². The van der Waals surface area contributed by atoms with E-state index in [2.05, 4.69) is 37.5 Å². The fourth-order valence-electron chi connectivity index (χ4n) is 2.29. The van der Waals surface area contributed by atoms with E-state index in [9.17, 15) is 4.39 Å². The van der Waals surface area contributed by atoms with Crippen LogP contribution in [-0.4, -0.2) is 35.2 Å². The summed E-state index contributed by atoms with van der Waals surface area (Å²) in [6.45, 7) is 12.7. The van der Waals surface area contributed by atoms with Crippen molar-refractivity contribution in [3.8, 4) is 0 Å². The van der Waals surface area contributed by atoms with E-state index in [-0.39, 0.29) is 10.9 Å². The Morgan fingerprint density at radius 2 is 1.95 bits per heavy atom. The van der Waals surface area contributed by atoms with Crippen molar-refractivity contribution in [1.82, 2.24) is 5.32 Å². The van der Waals surface area contributed by atoms with Crippen molar-refractivity contribution in [1.29, 1.82) is 0 Å². The molecule has 1 heterocycles. The molecule has 0 aliphatic carbocycles. The Morgan fingerprint density at radius 1 is 1.29 bits per heavy atom. The van der Waals surface area contributed by atoms with Gasteiger partial charge in [-0.25, -0.2) is 4.39 Å². The van der Waals surface area contributed by atoms with Gasteiger partial charge in [0.2, 0.25) is 0 Å². The Kier molecular flexibility index (Phi) is 5.41. The van der Waals surface area contributed by atoms with Crippen molar-refractivity contribution < 1.29 is 8.82 Å². The summed E-state index contributed by atoms with van der Waals surface area (Å²) in [5.41, 5.74) is 1.39. The first-order valence-electron chi connectivity index (χ1n) is 7.74.